The second-order valence-electron chi connectivity index (χ2n) is 4.27. The van der Waals surface area contributed by atoms with Gasteiger partial charge < -0.3 is 10.3 Å². The molecule has 0 radical (unpaired) electrons. The summed E-state index contributed by atoms with van der Waals surface area (Å²) in [6, 6.07) is 4.00. The molecule has 0 bridgehead atoms. The highest BCUT2D eigenvalue weighted by molar-refractivity contribution is 5.32. The Bertz CT molecular complexity index is 539. The Labute approximate surface area is 105 Å². The second kappa shape index (κ2) is 5.27. The molecule has 0 amide bonds. The van der Waals surface area contributed by atoms with Crippen LogP contribution in [0, 0.1) is 12.7 Å². The van der Waals surface area contributed by atoms with Crippen LogP contribution in [0.4, 0.5) is 4.39 Å². The Balaban J connectivity index is 2.26. The van der Waals surface area contributed by atoms with E-state index in [1.54, 1.807) is 6.07 Å². The molecule has 0 aliphatic carbocycles. The van der Waals surface area contributed by atoms with Gasteiger partial charge in [-0.15, -0.1) is 0 Å². The summed E-state index contributed by atoms with van der Waals surface area (Å²) in [5, 5.41) is 3.87. The molecule has 1 heterocycles. The van der Waals surface area contributed by atoms with Crippen LogP contribution in [0.2, 0.25) is 0 Å². The highest BCUT2D eigenvalue weighted by Gasteiger charge is 2.17. The average Bonchev–Trinajstić information content (AvgIpc) is 2.77. The van der Waals surface area contributed by atoms with Crippen LogP contribution in [-0.4, -0.2) is 10.1 Å². The minimum atomic E-state index is -0.486. The van der Waals surface area contributed by atoms with E-state index in [1.165, 1.54) is 12.1 Å². The topological polar surface area (TPSA) is 64.9 Å². The molecule has 0 saturated heterocycles. The maximum atomic E-state index is 13.0. The smallest absolute Gasteiger partial charge is 0.226 e. The molecule has 4 nitrogen and oxygen atoms in total. The van der Waals surface area contributed by atoms with E-state index in [1.807, 2.05) is 13.8 Å². The molecular weight excluding hydrogens is 233 g/mol. The minimum absolute atomic E-state index is 0.275. The average molecular weight is 249 g/mol. The summed E-state index contributed by atoms with van der Waals surface area (Å²) in [5.74, 6) is 0.749. The summed E-state index contributed by atoms with van der Waals surface area (Å²) < 4.78 is 18.1. The molecule has 0 aliphatic rings. The van der Waals surface area contributed by atoms with Gasteiger partial charge in [-0.05, 0) is 36.6 Å². The highest BCUT2D eigenvalue weighted by Crippen LogP contribution is 2.21. The van der Waals surface area contributed by atoms with E-state index in [-0.39, 0.29) is 5.82 Å². The van der Waals surface area contributed by atoms with Gasteiger partial charge in [0.2, 0.25) is 5.89 Å². The monoisotopic (exact) mass is 249 g/mol. The predicted octanol–water partition coefficient (Wildman–Crippen LogP) is 2.52. The molecule has 0 aliphatic heterocycles. The Morgan fingerprint density at radius 1 is 1.44 bits per heavy atom. The first-order chi connectivity index (χ1) is 8.61. The SMILES string of the molecule is CCCc1nc(C(N)c2ccc(F)cc2C)no1. The Morgan fingerprint density at radius 3 is 2.89 bits per heavy atom. The summed E-state index contributed by atoms with van der Waals surface area (Å²) >= 11 is 0. The summed E-state index contributed by atoms with van der Waals surface area (Å²) in [5.41, 5.74) is 7.66. The van der Waals surface area contributed by atoms with Gasteiger partial charge in [0, 0.05) is 6.42 Å². The molecule has 18 heavy (non-hydrogen) atoms. The van der Waals surface area contributed by atoms with Crippen LogP contribution in [0.1, 0.15) is 42.2 Å². The van der Waals surface area contributed by atoms with Crippen molar-refractivity contribution >= 4 is 0 Å². The van der Waals surface area contributed by atoms with E-state index in [2.05, 4.69) is 10.1 Å². The molecule has 2 N–H and O–H groups in total. The van der Waals surface area contributed by atoms with E-state index in [9.17, 15) is 4.39 Å². The number of halogens is 1. The second-order valence-corrected chi connectivity index (χ2v) is 4.27. The Morgan fingerprint density at radius 2 is 2.22 bits per heavy atom. The molecule has 1 aromatic heterocycles. The summed E-state index contributed by atoms with van der Waals surface area (Å²) in [6.45, 7) is 3.85. The van der Waals surface area contributed by atoms with Gasteiger partial charge in [0.25, 0.3) is 0 Å². The van der Waals surface area contributed by atoms with Crippen molar-refractivity contribution in [2.75, 3.05) is 0 Å². The lowest BCUT2D eigenvalue weighted by Gasteiger charge is -2.10. The number of benzene rings is 1. The van der Waals surface area contributed by atoms with Crippen molar-refractivity contribution in [2.45, 2.75) is 32.7 Å². The van der Waals surface area contributed by atoms with Crippen LogP contribution in [0.3, 0.4) is 0 Å². The van der Waals surface area contributed by atoms with E-state index in [0.29, 0.717) is 11.7 Å². The molecule has 1 atom stereocenters. The molecule has 0 spiro atoms. The van der Waals surface area contributed by atoms with Crippen molar-refractivity contribution in [3.05, 3.63) is 46.9 Å². The maximum absolute atomic E-state index is 13.0. The number of nitrogens with two attached hydrogens (primary N) is 1. The minimum Gasteiger partial charge on any atom is -0.339 e. The number of hydrogen-bond acceptors (Lipinski definition) is 4. The summed E-state index contributed by atoms with van der Waals surface area (Å²) in [6.07, 6.45) is 1.68. The molecule has 2 aromatic rings. The zero-order chi connectivity index (χ0) is 13.1. The summed E-state index contributed by atoms with van der Waals surface area (Å²) in [4.78, 5) is 4.24. The summed E-state index contributed by atoms with van der Waals surface area (Å²) in [7, 11) is 0. The van der Waals surface area contributed by atoms with Crippen molar-refractivity contribution in [1.82, 2.24) is 10.1 Å². The third kappa shape index (κ3) is 2.56. The van der Waals surface area contributed by atoms with Gasteiger partial charge in [-0.25, -0.2) is 4.39 Å². The van der Waals surface area contributed by atoms with Gasteiger partial charge in [-0.3, -0.25) is 0 Å². The van der Waals surface area contributed by atoms with Crippen molar-refractivity contribution < 1.29 is 8.91 Å². The van der Waals surface area contributed by atoms with E-state index >= 15 is 0 Å². The van der Waals surface area contributed by atoms with Crippen LogP contribution in [0.25, 0.3) is 0 Å². The van der Waals surface area contributed by atoms with Gasteiger partial charge in [0.15, 0.2) is 5.82 Å². The molecule has 2 rings (SSSR count). The van der Waals surface area contributed by atoms with Crippen LogP contribution in [0.15, 0.2) is 22.7 Å². The normalized spacial score (nSPS) is 12.7. The van der Waals surface area contributed by atoms with E-state index in [4.69, 9.17) is 10.3 Å². The largest absolute Gasteiger partial charge is 0.339 e. The lowest BCUT2D eigenvalue weighted by molar-refractivity contribution is 0.370. The van der Waals surface area contributed by atoms with Crippen LogP contribution in [-0.2, 0) is 6.42 Å². The molecular formula is C13H16FN3O. The molecule has 96 valence electrons. The number of aromatic nitrogens is 2. The molecule has 0 saturated carbocycles. The van der Waals surface area contributed by atoms with Gasteiger partial charge in [0.05, 0.1) is 6.04 Å². The van der Waals surface area contributed by atoms with Crippen LogP contribution < -0.4 is 5.73 Å². The quantitative estimate of drug-likeness (QED) is 0.904. The van der Waals surface area contributed by atoms with Gasteiger partial charge >= 0.3 is 0 Å². The first kappa shape index (κ1) is 12.7. The number of nitrogens with zero attached hydrogens (tertiary/aromatic N) is 2. The molecule has 1 aromatic carbocycles. The van der Waals surface area contributed by atoms with E-state index < -0.39 is 6.04 Å². The van der Waals surface area contributed by atoms with Gasteiger partial charge in [-0.1, -0.05) is 18.1 Å². The fourth-order valence-corrected chi connectivity index (χ4v) is 1.84. The fraction of sp³-hybridized carbons (Fsp3) is 0.385. The van der Waals surface area contributed by atoms with Crippen LogP contribution >= 0.6 is 0 Å². The van der Waals surface area contributed by atoms with Crippen molar-refractivity contribution in [3.8, 4) is 0 Å². The first-order valence-electron chi connectivity index (χ1n) is 5.96. The number of hydrogen-bond donors (Lipinski definition) is 1. The Hall–Kier alpha value is -1.75. The van der Waals surface area contributed by atoms with Crippen molar-refractivity contribution in [2.24, 2.45) is 5.73 Å². The lowest BCUT2D eigenvalue weighted by Crippen LogP contribution is -2.15. The first-order valence-corrected chi connectivity index (χ1v) is 5.96. The lowest BCUT2D eigenvalue weighted by atomic mass is 10.0. The Kier molecular flexibility index (Phi) is 3.72. The predicted molar refractivity (Wildman–Crippen MR) is 65.5 cm³/mol. The van der Waals surface area contributed by atoms with Crippen molar-refractivity contribution in [1.29, 1.82) is 0 Å². The van der Waals surface area contributed by atoms with Gasteiger partial charge in [0.1, 0.15) is 5.82 Å². The highest BCUT2D eigenvalue weighted by atomic mass is 19.1. The number of aryl methyl sites for hydroxylation is 2. The third-order valence-corrected chi connectivity index (χ3v) is 2.79. The van der Waals surface area contributed by atoms with E-state index in [0.717, 1.165) is 24.0 Å². The molecule has 0 fully saturated rings. The zero-order valence-electron chi connectivity index (χ0n) is 10.5. The van der Waals surface area contributed by atoms with Gasteiger partial charge in [-0.2, -0.15) is 4.98 Å². The number of rotatable bonds is 4. The zero-order valence-corrected chi connectivity index (χ0v) is 10.5. The standard InChI is InChI=1S/C13H16FN3O/c1-3-4-11-16-13(17-18-11)12(15)10-6-5-9(14)7-8(10)2/h5-7,12H,3-4,15H2,1-2H3. The maximum Gasteiger partial charge on any atom is 0.226 e. The third-order valence-electron chi connectivity index (χ3n) is 2.79. The van der Waals surface area contributed by atoms with Crippen LogP contribution in [0.5, 0.6) is 0 Å². The molecule has 5 heteroatoms. The fourth-order valence-electron chi connectivity index (χ4n) is 1.84. The van der Waals surface area contributed by atoms with Crippen molar-refractivity contribution in [3.63, 3.8) is 0 Å². The molecule has 1 unspecified atom stereocenters.